The molecule has 0 aliphatic carbocycles. The molecule has 2 aliphatic heterocycles. The van der Waals surface area contributed by atoms with Gasteiger partial charge in [-0.3, -0.25) is 9.88 Å². The number of hydrogen-bond donors (Lipinski definition) is 1. The summed E-state index contributed by atoms with van der Waals surface area (Å²) in [7, 11) is 0. The second kappa shape index (κ2) is 5.07. The van der Waals surface area contributed by atoms with Crippen LogP contribution in [0.5, 0.6) is 11.5 Å². The maximum Gasteiger partial charge on any atom is 0.231 e. The number of nitrogens with zero attached hydrogens (tertiary/aromatic N) is 2. The molecular formula is C16H19N3O2. The summed E-state index contributed by atoms with van der Waals surface area (Å²) >= 11 is 0. The van der Waals surface area contributed by atoms with E-state index in [0.717, 1.165) is 28.1 Å². The predicted molar refractivity (Wildman–Crippen MR) is 81.8 cm³/mol. The van der Waals surface area contributed by atoms with Crippen molar-refractivity contribution in [3.05, 3.63) is 24.4 Å². The highest BCUT2D eigenvalue weighted by Gasteiger charge is 2.20. The molecule has 21 heavy (non-hydrogen) atoms. The van der Waals surface area contributed by atoms with Crippen molar-refractivity contribution >= 4 is 16.6 Å². The van der Waals surface area contributed by atoms with Crippen LogP contribution in [0.25, 0.3) is 10.9 Å². The fraction of sp³-hybridized carbons (Fsp3) is 0.438. The maximum absolute atomic E-state index is 5.48. The lowest BCUT2D eigenvalue weighted by atomic mass is 10.1. The third-order valence-corrected chi connectivity index (χ3v) is 4.29. The normalized spacial score (nSPS) is 19.1. The summed E-state index contributed by atoms with van der Waals surface area (Å²) in [4.78, 5) is 6.91. The second-order valence-corrected chi connectivity index (χ2v) is 5.64. The first-order valence-electron chi connectivity index (χ1n) is 7.50. The molecular weight excluding hydrogens is 266 g/mol. The molecule has 110 valence electrons. The van der Waals surface area contributed by atoms with Crippen molar-refractivity contribution in [1.82, 2.24) is 9.88 Å². The quantitative estimate of drug-likeness (QED) is 0.939. The summed E-state index contributed by atoms with van der Waals surface area (Å²) in [6, 6.07) is 5.99. The van der Waals surface area contributed by atoms with Gasteiger partial charge < -0.3 is 14.8 Å². The van der Waals surface area contributed by atoms with E-state index < -0.39 is 0 Å². The molecule has 0 radical (unpaired) electrons. The molecule has 4 rings (SSSR count). The standard InChI is InChI=1S/C16H19N3O2/c1-11(19-6-2-3-7-19)18-13-4-5-17-14-9-16-15(8-12(13)14)20-10-21-16/h4-5,8-9,11H,2-3,6-7,10H2,1H3,(H,17,18). The largest absolute Gasteiger partial charge is 0.454 e. The zero-order chi connectivity index (χ0) is 14.2. The van der Waals surface area contributed by atoms with Gasteiger partial charge in [-0.1, -0.05) is 0 Å². The molecule has 0 amide bonds. The van der Waals surface area contributed by atoms with Crippen LogP contribution in [0.15, 0.2) is 24.4 Å². The molecule has 1 saturated heterocycles. The molecule has 1 fully saturated rings. The first-order chi connectivity index (χ1) is 10.3. The lowest BCUT2D eigenvalue weighted by molar-refractivity contribution is 0.174. The highest BCUT2D eigenvalue weighted by molar-refractivity contribution is 5.93. The minimum Gasteiger partial charge on any atom is -0.454 e. The number of benzene rings is 1. The zero-order valence-electron chi connectivity index (χ0n) is 12.1. The van der Waals surface area contributed by atoms with Crippen molar-refractivity contribution in [2.24, 2.45) is 0 Å². The molecule has 0 spiro atoms. The van der Waals surface area contributed by atoms with Gasteiger partial charge in [0.15, 0.2) is 11.5 Å². The van der Waals surface area contributed by atoms with E-state index in [1.807, 2.05) is 24.4 Å². The Morgan fingerprint density at radius 1 is 1.19 bits per heavy atom. The Bertz CT molecular complexity index is 668. The highest BCUT2D eigenvalue weighted by Crippen LogP contribution is 2.37. The number of pyridine rings is 1. The average molecular weight is 285 g/mol. The van der Waals surface area contributed by atoms with Crippen LogP contribution >= 0.6 is 0 Å². The SMILES string of the molecule is CC(Nc1ccnc2cc3c(cc12)OCO3)N1CCCC1. The molecule has 5 heteroatoms. The highest BCUT2D eigenvalue weighted by atomic mass is 16.7. The van der Waals surface area contributed by atoms with Gasteiger partial charge in [-0.25, -0.2) is 0 Å². The molecule has 2 aromatic rings. The lowest BCUT2D eigenvalue weighted by Crippen LogP contribution is -2.36. The van der Waals surface area contributed by atoms with Crippen LogP contribution in [0.3, 0.4) is 0 Å². The lowest BCUT2D eigenvalue weighted by Gasteiger charge is -2.26. The average Bonchev–Trinajstić information content (AvgIpc) is 3.16. The van der Waals surface area contributed by atoms with E-state index in [-0.39, 0.29) is 0 Å². The van der Waals surface area contributed by atoms with Crippen LogP contribution in [0.2, 0.25) is 0 Å². The van der Waals surface area contributed by atoms with Gasteiger partial charge in [0, 0.05) is 36.4 Å². The molecule has 2 aliphatic rings. The van der Waals surface area contributed by atoms with E-state index in [2.05, 4.69) is 22.1 Å². The Morgan fingerprint density at radius 3 is 2.76 bits per heavy atom. The summed E-state index contributed by atoms with van der Waals surface area (Å²) in [5, 5.41) is 4.68. The Balaban J connectivity index is 1.68. The van der Waals surface area contributed by atoms with Crippen LogP contribution in [0.4, 0.5) is 5.69 Å². The molecule has 5 nitrogen and oxygen atoms in total. The van der Waals surface area contributed by atoms with Gasteiger partial charge in [-0.15, -0.1) is 0 Å². The van der Waals surface area contributed by atoms with Crippen LogP contribution < -0.4 is 14.8 Å². The Morgan fingerprint density at radius 2 is 1.95 bits per heavy atom. The molecule has 3 heterocycles. The predicted octanol–water partition coefficient (Wildman–Crippen LogP) is 2.82. The fourth-order valence-corrected chi connectivity index (χ4v) is 3.11. The number of hydrogen-bond acceptors (Lipinski definition) is 5. The van der Waals surface area contributed by atoms with Crippen molar-refractivity contribution in [1.29, 1.82) is 0 Å². The van der Waals surface area contributed by atoms with Gasteiger partial charge in [0.1, 0.15) is 0 Å². The van der Waals surface area contributed by atoms with Gasteiger partial charge in [-0.2, -0.15) is 0 Å². The van der Waals surface area contributed by atoms with Gasteiger partial charge in [0.05, 0.1) is 11.7 Å². The number of fused-ring (bicyclic) bond motifs is 2. The molecule has 0 saturated carbocycles. The second-order valence-electron chi connectivity index (χ2n) is 5.64. The van der Waals surface area contributed by atoms with E-state index in [0.29, 0.717) is 13.0 Å². The van der Waals surface area contributed by atoms with Crippen LogP contribution in [-0.2, 0) is 0 Å². The summed E-state index contributed by atoms with van der Waals surface area (Å²) in [5.74, 6) is 1.58. The van der Waals surface area contributed by atoms with E-state index in [1.165, 1.54) is 25.9 Å². The summed E-state index contributed by atoms with van der Waals surface area (Å²) < 4.78 is 10.9. The third-order valence-electron chi connectivity index (χ3n) is 4.29. The summed E-state index contributed by atoms with van der Waals surface area (Å²) in [5.41, 5.74) is 2.02. The van der Waals surface area contributed by atoms with Gasteiger partial charge >= 0.3 is 0 Å². The molecule has 1 unspecified atom stereocenters. The number of rotatable bonds is 3. The number of likely N-dealkylation sites (tertiary alicyclic amines) is 1. The van der Waals surface area contributed by atoms with E-state index in [1.54, 1.807) is 0 Å². The first kappa shape index (κ1) is 12.7. The van der Waals surface area contributed by atoms with Crippen LogP contribution in [0, 0.1) is 0 Å². The molecule has 0 bridgehead atoms. The summed E-state index contributed by atoms with van der Waals surface area (Å²) in [6.07, 6.45) is 4.75. The first-order valence-corrected chi connectivity index (χ1v) is 7.50. The zero-order valence-corrected chi connectivity index (χ0v) is 12.1. The van der Waals surface area contributed by atoms with E-state index in [9.17, 15) is 0 Å². The van der Waals surface area contributed by atoms with Crippen molar-refractivity contribution in [3.8, 4) is 11.5 Å². The molecule has 1 aromatic heterocycles. The topological polar surface area (TPSA) is 46.6 Å². The fourth-order valence-electron chi connectivity index (χ4n) is 3.11. The maximum atomic E-state index is 5.48. The number of ether oxygens (including phenoxy) is 2. The summed E-state index contributed by atoms with van der Waals surface area (Å²) in [6.45, 7) is 4.84. The number of aromatic nitrogens is 1. The Hall–Kier alpha value is -2.01. The smallest absolute Gasteiger partial charge is 0.231 e. The van der Waals surface area contributed by atoms with Crippen LogP contribution in [-0.4, -0.2) is 35.9 Å². The Kier molecular flexibility index (Phi) is 3.07. The van der Waals surface area contributed by atoms with Crippen molar-refractivity contribution in [3.63, 3.8) is 0 Å². The van der Waals surface area contributed by atoms with Crippen molar-refractivity contribution in [2.45, 2.75) is 25.9 Å². The molecule has 1 N–H and O–H groups in total. The van der Waals surface area contributed by atoms with E-state index in [4.69, 9.17) is 9.47 Å². The van der Waals surface area contributed by atoms with Gasteiger partial charge in [0.25, 0.3) is 0 Å². The molecule has 1 atom stereocenters. The monoisotopic (exact) mass is 285 g/mol. The van der Waals surface area contributed by atoms with Crippen LogP contribution in [0.1, 0.15) is 19.8 Å². The third kappa shape index (κ3) is 2.27. The van der Waals surface area contributed by atoms with Crippen molar-refractivity contribution < 1.29 is 9.47 Å². The van der Waals surface area contributed by atoms with Gasteiger partial charge in [-0.05, 0) is 31.9 Å². The van der Waals surface area contributed by atoms with E-state index >= 15 is 0 Å². The number of anilines is 1. The Labute approximate surface area is 123 Å². The number of nitrogens with one attached hydrogen (secondary N) is 1. The van der Waals surface area contributed by atoms with Gasteiger partial charge in [0.2, 0.25) is 6.79 Å². The minimum absolute atomic E-state index is 0.290. The molecule has 1 aromatic carbocycles. The van der Waals surface area contributed by atoms with Crippen molar-refractivity contribution in [2.75, 3.05) is 25.2 Å². The minimum atomic E-state index is 0.290.